The van der Waals surface area contributed by atoms with E-state index in [-0.39, 0.29) is 5.82 Å². The lowest BCUT2D eigenvalue weighted by molar-refractivity contribution is 0.321. The number of halogens is 1. The predicted molar refractivity (Wildman–Crippen MR) is 91.3 cm³/mol. The van der Waals surface area contributed by atoms with E-state index in [1.165, 1.54) is 17.7 Å². The van der Waals surface area contributed by atoms with Gasteiger partial charge in [-0.15, -0.1) is 0 Å². The fraction of sp³-hybridized carbons (Fsp3) is 0.278. The number of nitrogens with zero attached hydrogens (tertiary/aromatic N) is 1. The molecule has 4 nitrogen and oxygen atoms in total. The second kappa shape index (κ2) is 8.78. The standard InChI is InChI=1S/C18H22FN3O/c1-14-5-3-8-17(11-14)23-10-9-21-18(20-2)22-13-15-6-4-7-16(19)12-15/h3-8,11-12H,9-10,13H2,1-2H3,(H2,20,21,22). The van der Waals surface area contributed by atoms with Crippen LogP contribution in [0.4, 0.5) is 4.39 Å². The zero-order chi connectivity index (χ0) is 16.5. The van der Waals surface area contributed by atoms with Gasteiger partial charge in [0.1, 0.15) is 18.2 Å². The number of aryl methyl sites for hydroxylation is 1. The molecule has 0 saturated carbocycles. The van der Waals surface area contributed by atoms with Gasteiger partial charge in [0.05, 0.1) is 6.54 Å². The van der Waals surface area contributed by atoms with Crippen LogP contribution in [0.5, 0.6) is 5.75 Å². The molecule has 0 aliphatic carbocycles. The summed E-state index contributed by atoms with van der Waals surface area (Å²) in [5.74, 6) is 1.27. The molecule has 0 aliphatic rings. The van der Waals surface area contributed by atoms with Crippen molar-refractivity contribution >= 4 is 5.96 Å². The molecule has 2 rings (SSSR count). The summed E-state index contributed by atoms with van der Waals surface area (Å²) in [5.41, 5.74) is 2.03. The van der Waals surface area contributed by atoms with Crippen molar-refractivity contribution in [3.63, 3.8) is 0 Å². The molecule has 0 radical (unpaired) electrons. The van der Waals surface area contributed by atoms with Crippen LogP contribution in [0.25, 0.3) is 0 Å². The first-order chi connectivity index (χ1) is 11.2. The van der Waals surface area contributed by atoms with E-state index in [4.69, 9.17) is 4.74 Å². The van der Waals surface area contributed by atoms with E-state index >= 15 is 0 Å². The summed E-state index contributed by atoms with van der Waals surface area (Å²) in [6.45, 7) is 3.69. The molecule has 0 unspecified atom stereocenters. The first kappa shape index (κ1) is 16.8. The van der Waals surface area contributed by atoms with Crippen LogP contribution < -0.4 is 15.4 Å². The van der Waals surface area contributed by atoms with E-state index in [1.54, 1.807) is 13.1 Å². The minimum atomic E-state index is -0.237. The van der Waals surface area contributed by atoms with Crippen LogP contribution in [0.15, 0.2) is 53.5 Å². The van der Waals surface area contributed by atoms with Gasteiger partial charge in [0, 0.05) is 13.6 Å². The van der Waals surface area contributed by atoms with Gasteiger partial charge < -0.3 is 15.4 Å². The molecule has 0 heterocycles. The summed E-state index contributed by atoms with van der Waals surface area (Å²) in [7, 11) is 1.70. The number of benzene rings is 2. The summed E-state index contributed by atoms with van der Waals surface area (Å²) in [6.07, 6.45) is 0. The zero-order valence-electron chi connectivity index (χ0n) is 13.5. The zero-order valence-corrected chi connectivity index (χ0v) is 13.5. The Kier molecular flexibility index (Phi) is 6.41. The number of guanidine groups is 1. The highest BCUT2D eigenvalue weighted by Gasteiger charge is 2.00. The fourth-order valence-corrected chi connectivity index (χ4v) is 2.10. The average molecular weight is 315 g/mol. The summed E-state index contributed by atoms with van der Waals surface area (Å²) in [4.78, 5) is 4.13. The first-order valence-corrected chi connectivity index (χ1v) is 7.56. The van der Waals surface area contributed by atoms with Crippen LogP contribution >= 0.6 is 0 Å². The summed E-state index contributed by atoms with van der Waals surface area (Å²) < 4.78 is 18.8. The Labute approximate surface area is 136 Å². The molecule has 122 valence electrons. The van der Waals surface area contributed by atoms with Gasteiger partial charge in [0.15, 0.2) is 5.96 Å². The van der Waals surface area contributed by atoms with Gasteiger partial charge in [0.2, 0.25) is 0 Å². The Morgan fingerprint density at radius 1 is 1.13 bits per heavy atom. The van der Waals surface area contributed by atoms with Gasteiger partial charge in [-0.25, -0.2) is 4.39 Å². The van der Waals surface area contributed by atoms with Crippen LogP contribution in [0, 0.1) is 12.7 Å². The van der Waals surface area contributed by atoms with Crippen molar-refractivity contribution in [1.82, 2.24) is 10.6 Å². The Hall–Kier alpha value is -2.56. The van der Waals surface area contributed by atoms with Gasteiger partial charge >= 0.3 is 0 Å². The van der Waals surface area contributed by atoms with Crippen LogP contribution in [0.3, 0.4) is 0 Å². The Balaban J connectivity index is 1.71. The maximum Gasteiger partial charge on any atom is 0.191 e. The maximum atomic E-state index is 13.1. The smallest absolute Gasteiger partial charge is 0.191 e. The van der Waals surface area contributed by atoms with E-state index in [0.717, 1.165) is 11.3 Å². The van der Waals surface area contributed by atoms with Crippen molar-refractivity contribution in [3.8, 4) is 5.75 Å². The molecule has 0 aliphatic heterocycles. The molecule has 0 bridgehead atoms. The molecule has 2 aromatic rings. The summed E-state index contributed by atoms with van der Waals surface area (Å²) >= 11 is 0. The van der Waals surface area contributed by atoms with E-state index in [1.807, 2.05) is 37.3 Å². The number of ether oxygens (including phenoxy) is 1. The molecular weight excluding hydrogens is 293 g/mol. The van der Waals surface area contributed by atoms with Crippen molar-refractivity contribution in [3.05, 3.63) is 65.5 Å². The van der Waals surface area contributed by atoms with E-state index in [9.17, 15) is 4.39 Å². The van der Waals surface area contributed by atoms with Crippen molar-refractivity contribution in [2.75, 3.05) is 20.2 Å². The number of aliphatic imine (C=N–C) groups is 1. The van der Waals surface area contributed by atoms with Crippen molar-refractivity contribution in [2.24, 2.45) is 4.99 Å². The molecule has 0 fully saturated rings. The van der Waals surface area contributed by atoms with Crippen LogP contribution in [0.1, 0.15) is 11.1 Å². The van der Waals surface area contributed by atoms with Gasteiger partial charge in [-0.2, -0.15) is 0 Å². The number of nitrogens with one attached hydrogen (secondary N) is 2. The molecule has 2 N–H and O–H groups in total. The van der Waals surface area contributed by atoms with Gasteiger partial charge in [-0.1, -0.05) is 24.3 Å². The SMILES string of the molecule is CN=C(NCCOc1cccc(C)c1)NCc1cccc(F)c1. The van der Waals surface area contributed by atoms with Gasteiger partial charge in [-0.3, -0.25) is 4.99 Å². The highest BCUT2D eigenvalue weighted by Crippen LogP contribution is 2.11. The first-order valence-electron chi connectivity index (χ1n) is 7.56. The Bertz CT molecular complexity index is 658. The minimum Gasteiger partial charge on any atom is -0.492 e. The highest BCUT2D eigenvalue weighted by atomic mass is 19.1. The molecule has 0 saturated heterocycles. The molecule has 0 aromatic heterocycles. The normalized spacial score (nSPS) is 11.2. The minimum absolute atomic E-state index is 0.237. The fourth-order valence-electron chi connectivity index (χ4n) is 2.10. The second-order valence-corrected chi connectivity index (χ2v) is 5.15. The second-order valence-electron chi connectivity index (χ2n) is 5.15. The third kappa shape index (κ3) is 5.98. The molecule has 0 atom stereocenters. The number of rotatable bonds is 6. The quantitative estimate of drug-likeness (QED) is 0.489. The molecule has 0 spiro atoms. The molecule has 5 heteroatoms. The van der Waals surface area contributed by atoms with Crippen LogP contribution in [-0.4, -0.2) is 26.2 Å². The summed E-state index contributed by atoms with van der Waals surface area (Å²) in [5, 5.41) is 6.30. The van der Waals surface area contributed by atoms with Crippen LogP contribution in [0.2, 0.25) is 0 Å². The van der Waals surface area contributed by atoms with Gasteiger partial charge in [0.25, 0.3) is 0 Å². The van der Waals surface area contributed by atoms with Crippen molar-refractivity contribution in [2.45, 2.75) is 13.5 Å². The maximum absolute atomic E-state index is 13.1. The largest absolute Gasteiger partial charge is 0.492 e. The summed E-state index contributed by atoms with van der Waals surface area (Å²) in [6, 6.07) is 14.4. The Morgan fingerprint density at radius 2 is 1.96 bits per heavy atom. The topological polar surface area (TPSA) is 45.7 Å². The number of hydrogen-bond acceptors (Lipinski definition) is 2. The van der Waals surface area contributed by atoms with Crippen molar-refractivity contribution in [1.29, 1.82) is 0 Å². The molecular formula is C18H22FN3O. The molecule has 23 heavy (non-hydrogen) atoms. The lowest BCUT2D eigenvalue weighted by Crippen LogP contribution is -2.38. The highest BCUT2D eigenvalue weighted by molar-refractivity contribution is 5.79. The third-order valence-corrected chi connectivity index (χ3v) is 3.23. The monoisotopic (exact) mass is 315 g/mol. The van der Waals surface area contributed by atoms with E-state index in [2.05, 4.69) is 15.6 Å². The van der Waals surface area contributed by atoms with Gasteiger partial charge in [-0.05, 0) is 42.3 Å². The van der Waals surface area contributed by atoms with E-state index < -0.39 is 0 Å². The average Bonchev–Trinajstić information content (AvgIpc) is 2.54. The van der Waals surface area contributed by atoms with Crippen molar-refractivity contribution < 1.29 is 9.13 Å². The number of hydrogen-bond donors (Lipinski definition) is 2. The lowest BCUT2D eigenvalue weighted by atomic mass is 10.2. The lowest BCUT2D eigenvalue weighted by Gasteiger charge is -2.13. The molecule has 2 aromatic carbocycles. The Morgan fingerprint density at radius 3 is 2.70 bits per heavy atom. The van der Waals surface area contributed by atoms with Crippen LogP contribution in [-0.2, 0) is 6.54 Å². The van der Waals surface area contributed by atoms with E-state index in [0.29, 0.717) is 25.7 Å². The molecule has 0 amide bonds. The third-order valence-electron chi connectivity index (χ3n) is 3.23. The predicted octanol–water partition coefficient (Wildman–Crippen LogP) is 2.88.